The van der Waals surface area contributed by atoms with Crippen molar-refractivity contribution in [1.82, 2.24) is 10.2 Å². The Morgan fingerprint density at radius 1 is 1.45 bits per heavy atom. The third-order valence-electron chi connectivity index (χ3n) is 3.99. The van der Waals surface area contributed by atoms with Gasteiger partial charge in [0, 0.05) is 30.2 Å². The van der Waals surface area contributed by atoms with Crippen molar-refractivity contribution < 1.29 is 5.11 Å². The molecule has 1 aliphatic rings. The fourth-order valence-electron chi connectivity index (χ4n) is 2.74. The van der Waals surface area contributed by atoms with Crippen LogP contribution in [0.15, 0.2) is 29.3 Å². The number of guanidine groups is 1. The SMILES string of the molecule is CCNC(=NCC(O)c1ccccc1Cl)N1CCC(C)(C)C1. The van der Waals surface area contributed by atoms with E-state index in [2.05, 4.69) is 36.0 Å². The first kappa shape index (κ1) is 17.1. The van der Waals surface area contributed by atoms with Crippen LogP contribution in [0.5, 0.6) is 0 Å². The Kier molecular flexibility index (Phi) is 5.70. The van der Waals surface area contributed by atoms with Crippen LogP contribution in [0, 0.1) is 5.41 Å². The number of nitrogens with zero attached hydrogens (tertiary/aromatic N) is 2. The second-order valence-corrected chi connectivity index (χ2v) is 6.97. The molecule has 122 valence electrons. The van der Waals surface area contributed by atoms with Crippen molar-refractivity contribution in [3.8, 4) is 0 Å². The first-order chi connectivity index (χ1) is 10.4. The Hall–Kier alpha value is -1.26. The number of hydrogen-bond donors (Lipinski definition) is 2. The Morgan fingerprint density at radius 3 is 2.77 bits per heavy atom. The van der Waals surface area contributed by atoms with E-state index in [1.165, 1.54) is 0 Å². The number of halogens is 1. The molecule has 0 saturated carbocycles. The number of rotatable bonds is 4. The molecule has 22 heavy (non-hydrogen) atoms. The minimum absolute atomic E-state index is 0.309. The van der Waals surface area contributed by atoms with Crippen LogP contribution in [-0.2, 0) is 0 Å². The molecule has 0 aliphatic carbocycles. The molecule has 0 bridgehead atoms. The molecule has 5 heteroatoms. The average Bonchev–Trinajstić information content (AvgIpc) is 2.83. The third kappa shape index (κ3) is 4.37. The Labute approximate surface area is 138 Å². The van der Waals surface area contributed by atoms with Crippen molar-refractivity contribution in [3.05, 3.63) is 34.9 Å². The molecular weight excluding hydrogens is 298 g/mol. The summed E-state index contributed by atoms with van der Waals surface area (Å²) in [5.74, 6) is 0.874. The van der Waals surface area contributed by atoms with E-state index < -0.39 is 6.10 Å². The Balaban J connectivity index is 2.06. The number of aliphatic hydroxyl groups excluding tert-OH is 1. The van der Waals surface area contributed by atoms with Gasteiger partial charge in [-0.3, -0.25) is 4.99 Å². The van der Waals surface area contributed by atoms with E-state index in [4.69, 9.17) is 11.6 Å². The van der Waals surface area contributed by atoms with E-state index >= 15 is 0 Å². The van der Waals surface area contributed by atoms with Gasteiger partial charge in [-0.2, -0.15) is 0 Å². The second-order valence-electron chi connectivity index (χ2n) is 6.57. The molecule has 1 aromatic rings. The fraction of sp³-hybridized carbons (Fsp3) is 0.588. The number of hydrogen-bond acceptors (Lipinski definition) is 2. The summed E-state index contributed by atoms with van der Waals surface area (Å²) < 4.78 is 0. The lowest BCUT2D eigenvalue weighted by Crippen LogP contribution is -2.41. The molecule has 1 heterocycles. The van der Waals surface area contributed by atoms with Crippen LogP contribution < -0.4 is 5.32 Å². The minimum Gasteiger partial charge on any atom is -0.386 e. The molecule has 1 aromatic carbocycles. The first-order valence-corrected chi connectivity index (χ1v) is 8.26. The third-order valence-corrected chi connectivity index (χ3v) is 4.33. The predicted octanol–water partition coefficient (Wildman–Crippen LogP) is 3.07. The summed E-state index contributed by atoms with van der Waals surface area (Å²) in [5.41, 5.74) is 1.04. The summed E-state index contributed by atoms with van der Waals surface area (Å²) in [6.07, 6.45) is 0.475. The lowest BCUT2D eigenvalue weighted by atomic mass is 9.93. The number of likely N-dealkylation sites (tertiary alicyclic amines) is 1. The Morgan fingerprint density at radius 2 is 2.18 bits per heavy atom. The van der Waals surface area contributed by atoms with Crippen molar-refractivity contribution in [2.24, 2.45) is 10.4 Å². The van der Waals surface area contributed by atoms with Gasteiger partial charge in [-0.05, 0) is 24.8 Å². The van der Waals surface area contributed by atoms with Gasteiger partial charge in [0.25, 0.3) is 0 Å². The van der Waals surface area contributed by atoms with Gasteiger partial charge in [0.1, 0.15) is 6.10 Å². The molecule has 1 aliphatic heterocycles. The minimum atomic E-state index is -0.682. The van der Waals surface area contributed by atoms with Crippen molar-refractivity contribution in [2.45, 2.75) is 33.3 Å². The van der Waals surface area contributed by atoms with Crippen LogP contribution in [-0.4, -0.2) is 42.1 Å². The summed E-state index contributed by atoms with van der Waals surface area (Å²) in [6.45, 7) is 9.72. The molecule has 0 radical (unpaired) electrons. The van der Waals surface area contributed by atoms with E-state index in [-0.39, 0.29) is 0 Å². The largest absolute Gasteiger partial charge is 0.386 e. The average molecular weight is 324 g/mol. The maximum Gasteiger partial charge on any atom is 0.194 e. The quantitative estimate of drug-likeness (QED) is 0.661. The zero-order chi connectivity index (χ0) is 16.2. The summed E-state index contributed by atoms with van der Waals surface area (Å²) in [4.78, 5) is 6.87. The smallest absolute Gasteiger partial charge is 0.194 e. The van der Waals surface area contributed by atoms with Crippen LogP contribution in [0.3, 0.4) is 0 Å². The van der Waals surface area contributed by atoms with E-state index in [0.717, 1.165) is 37.6 Å². The van der Waals surface area contributed by atoms with Gasteiger partial charge < -0.3 is 15.3 Å². The lowest BCUT2D eigenvalue weighted by molar-refractivity contribution is 0.186. The van der Waals surface area contributed by atoms with Crippen LogP contribution in [0.4, 0.5) is 0 Å². The van der Waals surface area contributed by atoms with Crippen LogP contribution in [0.1, 0.15) is 38.9 Å². The van der Waals surface area contributed by atoms with Gasteiger partial charge in [0.2, 0.25) is 0 Å². The molecule has 0 amide bonds. The molecule has 2 N–H and O–H groups in total. The summed E-state index contributed by atoms with van der Waals surface area (Å²) >= 11 is 6.13. The summed E-state index contributed by atoms with van der Waals surface area (Å²) in [6, 6.07) is 7.37. The van der Waals surface area contributed by atoms with Crippen molar-refractivity contribution in [3.63, 3.8) is 0 Å². The number of aliphatic hydroxyl groups is 1. The molecule has 1 unspecified atom stereocenters. The van der Waals surface area contributed by atoms with Gasteiger partial charge >= 0.3 is 0 Å². The van der Waals surface area contributed by atoms with Gasteiger partial charge in [-0.1, -0.05) is 43.6 Å². The van der Waals surface area contributed by atoms with Gasteiger partial charge in [-0.15, -0.1) is 0 Å². The maximum absolute atomic E-state index is 10.3. The molecule has 1 saturated heterocycles. The zero-order valence-electron chi connectivity index (χ0n) is 13.6. The van der Waals surface area contributed by atoms with E-state index in [1.807, 2.05) is 18.2 Å². The van der Waals surface area contributed by atoms with Crippen molar-refractivity contribution in [2.75, 3.05) is 26.2 Å². The van der Waals surface area contributed by atoms with E-state index in [9.17, 15) is 5.11 Å². The summed E-state index contributed by atoms with van der Waals surface area (Å²) in [5, 5.41) is 14.2. The molecule has 0 aromatic heterocycles. The van der Waals surface area contributed by atoms with Crippen molar-refractivity contribution >= 4 is 17.6 Å². The molecular formula is C17H26ClN3O. The lowest BCUT2D eigenvalue weighted by Gasteiger charge is -2.24. The van der Waals surface area contributed by atoms with E-state index in [0.29, 0.717) is 17.0 Å². The molecule has 0 spiro atoms. The molecule has 1 fully saturated rings. The molecule has 2 rings (SSSR count). The fourth-order valence-corrected chi connectivity index (χ4v) is 3.00. The van der Waals surface area contributed by atoms with Crippen LogP contribution in [0.25, 0.3) is 0 Å². The highest BCUT2D eigenvalue weighted by atomic mass is 35.5. The monoisotopic (exact) mass is 323 g/mol. The molecule has 4 nitrogen and oxygen atoms in total. The van der Waals surface area contributed by atoms with Gasteiger partial charge in [0.05, 0.1) is 6.54 Å². The second kappa shape index (κ2) is 7.34. The van der Waals surface area contributed by atoms with E-state index in [1.54, 1.807) is 6.07 Å². The number of nitrogens with one attached hydrogen (secondary N) is 1. The number of benzene rings is 1. The molecule has 1 atom stereocenters. The highest BCUT2D eigenvalue weighted by molar-refractivity contribution is 6.31. The number of aliphatic imine (C=N–C) groups is 1. The summed E-state index contributed by atoms with van der Waals surface area (Å²) in [7, 11) is 0. The normalized spacial score (nSPS) is 19.3. The highest BCUT2D eigenvalue weighted by Crippen LogP contribution is 2.29. The maximum atomic E-state index is 10.3. The topological polar surface area (TPSA) is 47.9 Å². The van der Waals surface area contributed by atoms with Crippen LogP contribution >= 0.6 is 11.6 Å². The van der Waals surface area contributed by atoms with Crippen LogP contribution in [0.2, 0.25) is 5.02 Å². The van der Waals surface area contributed by atoms with Gasteiger partial charge in [-0.25, -0.2) is 0 Å². The first-order valence-electron chi connectivity index (χ1n) is 7.89. The van der Waals surface area contributed by atoms with Gasteiger partial charge in [0.15, 0.2) is 5.96 Å². The van der Waals surface area contributed by atoms with Crippen molar-refractivity contribution in [1.29, 1.82) is 0 Å². The standard InChI is InChI=1S/C17H26ClN3O/c1-4-19-16(21-10-9-17(2,3)12-21)20-11-15(22)13-7-5-6-8-14(13)18/h5-8,15,22H,4,9-12H2,1-3H3,(H,19,20). The predicted molar refractivity (Wildman–Crippen MR) is 92.4 cm³/mol. The highest BCUT2D eigenvalue weighted by Gasteiger charge is 2.30. The Bertz CT molecular complexity index is 530. The zero-order valence-corrected chi connectivity index (χ0v) is 14.4.